The minimum atomic E-state index is -3.98. The zero-order valence-electron chi connectivity index (χ0n) is 19.9. The van der Waals surface area contributed by atoms with Gasteiger partial charge in [-0.2, -0.15) is 0 Å². The van der Waals surface area contributed by atoms with Crippen LogP contribution in [0.1, 0.15) is 31.4 Å². The molecule has 0 radical (unpaired) electrons. The molecule has 8 heteroatoms. The number of hydrogen-bond acceptors (Lipinski definition) is 5. The molecule has 1 atom stereocenters. The highest BCUT2D eigenvalue weighted by molar-refractivity contribution is 7.91. The van der Waals surface area contributed by atoms with Crippen molar-refractivity contribution in [3.05, 3.63) is 112 Å². The van der Waals surface area contributed by atoms with Crippen LogP contribution in [0.5, 0.6) is 11.5 Å². The molecule has 2 aromatic heterocycles. The fraction of sp³-hybridized carbons (Fsp3) is 0.179. The first-order valence-corrected chi connectivity index (χ1v) is 13.0. The molecule has 0 spiro atoms. The molecule has 0 amide bonds. The van der Waals surface area contributed by atoms with Crippen LogP contribution in [0.4, 0.5) is 0 Å². The van der Waals surface area contributed by atoms with Gasteiger partial charge in [0.1, 0.15) is 21.8 Å². The second-order valence-electron chi connectivity index (χ2n) is 9.05. The molecule has 4 aromatic rings. The lowest BCUT2D eigenvalue weighted by molar-refractivity contribution is 0.281. The van der Waals surface area contributed by atoms with E-state index in [0.29, 0.717) is 22.5 Å². The Morgan fingerprint density at radius 2 is 1.89 bits per heavy atom. The molecule has 7 nitrogen and oxygen atoms in total. The number of hydrogen-bond donors (Lipinski definition) is 2. The van der Waals surface area contributed by atoms with E-state index in [2.05, 4.69) is 4.98 Å². The number of rotatable bonds is 6. The fourth-order valence-electron chi connectivity index (χ4n) is 4.50. The van der Waals surface area contributed by atoms with E-state index in [4.69, 9.17) is 4.74 Å². The number of aliphatic hydroxyl groups is 1. The normalized spacial score (nSPS) is 18.1. The van der Waals surface area contributed by atoms with Gasteiger partial charge in [0.25, 0.3) is 5.56 Å². The molecule has 1 unspecified atom stereocenters. The van der Waals surface area contributed by atoms with E-state index in [1.54, 1.807) is 38.1 Å². The fourth-order valence-corrected chi connectivity index (χ4v) is 6.34. The SMILES string of the molecule is CC1=CC(c2cc(CO)ccc2Oc2ccccc2)=CCC1(C)S(=O)(=O)n1ccc2cc[nH]c(=O)c21. The second kappa shape index (κ2) is 8.96. The van der Waals surface area contributed by atoms with Crippen LogP contribution in [0.2, 0.25) is 0 Å². The highest BCUT2D eigenvalue weighted by atomic mass is 32.2. The summed E-state index contributed by atoms with van der Waals surface area (Å²) < 4.78 is 33.7. The van der Waals surface area contributed by atoms with E-state index in [-0.39, 0.29) is 18.5 Å². The summed E-state index contributed by atoms with van der Waals surface area (Å²) in [6.07, 6.45) is 6.84. The van der Waals surface area contributed by atoms with Crippen LogP contribution in [0.3, 0.4) is 0 Å². The van der Waals surface area contributed by atoms with Gasteiger partial charge in [0, 0.05) is 23.3 Å². The van der Waals surface area contributed by atoms with E-state index in [9.17, 15) is 18.3 Å². The Morgan fingerprint density at radius 3 is 2.61 bits per heavy atom. The van der Waals surface area contributed by atoms with Crippen LogP contribution in [0, 0.1) is 0 Å². The topological polar surface area (TPSA) is 101 Å². The third-order valence-electron chi connectivity index (χ3n) is 6.83. The van der Waals surface area contributed by atoms with Gasteiger partial charge in [0.15, 0.2) is 0 Å². The number of nitrogens with zero attached hydrogens (tertiary/aromatic N) is 1. The van der Waals surface area contributed by atoms with Gasteiger partial charge in [-0.15, -0.1) is 0 Å². The molecular formula is C28H26N2O5S. The van der Waals surface area contributed by atoms with Crippen molar-refractivity contribution in [1.82, 2.24) is 8.96 Å². The zero-order chi connectivity index (χ0) is 25.5. The van der Waals surface area contributed by atoms with E-state index >= 15 is 0 Å². The first kappa shape index (κ1) is 23.8. The Labute approximate surface area is 209 Å². The maximum Gasteiger partial charge on any atom is 0.273 e. The Morgan fingerprint density at radius 1 is 1.11 bits per heavy atom. The van der Waals surface area contributed by atoms with Crippen molar-refractivity contribution >= 4 is 26.5 Å². The van der Waals surface area contributed by atoms with Gasteiger partial charge in [-0.1, -0.05) is 36.4 Å². The van der Waals surface area contributed by atoms with Gasteiger partial charge in [-0.3, -0.25) is 4.79 Å². The van der Waals surface area contributed by atoms with Crippen molar-refractivity contribution in [2.75, 3.05) is 0 Å². The lowest BCUT2D eigenvalue weighted by atomic mass is 9.87. The largest absolute Gasteiger partial charge is 0.457 e. The van der Waals surface area contributed by atoms with Gasteiger partial charge in [-0.25, -0.2) is 12.4 Å². The van der Waals surface area contributed by atoms with Gasteiger partial charge < -0.3 is 14.8 Å². The number of aliphatic hydroxyl groups excluding tert-OH is 1. The minimum absolute atomic E-state index is 0.107. The van der Waals surface area contributed by atoms with Crippen molar-refractivity contribution < 1.29 is 18.3 Å². The van der Waals surface area contributed by atoms with Gasteiger partial charge >= 0.3 is 0 Å². The molecule has 1 aliphatic rings. The summed E-state index contributed by atoms with van der Waals surface area (Å²) in [5.41, 5.74) is 2.56. The third kappa shape index (κ3) is 3.88. The molecule has 1 aliphatic carbocycles. The van der Waals surface area contributed by atoms with Crippen molar-refractivity contribution in [3.8, 4) is 11.5 Å². The predicted molar refractivity (Wildman–Crippen MR) is 141 cm³/mol. The number of benzene rings is 2. The average Bonchev–Trinajstić information content (AvgIpc) is 3.33. The Bertz CT molecular complexity index is 1680. The Kier molecular flexibility index (Phi) is 5.94. The Hall–Kier alpha value is -3.88. The molecule has 184 valence electrons. The highest BCUT2D eigenvalue weighted by Gasteiger charge is 2.43. The molecule has 0 saturated heterocycles. The highest BCUT2D eigenvalue weighted by Crippen LogP contribution is 2.42. The molecule has 2 N–H and O–H groups in total. The van der Waals surface area contributed by atoms with E-state index in [1.807, 2.05) is 48.6 Å². The van der Waals surface area contributed by atoms with Crippen LogP contribution in [0.25, 0.3) is 16.5 Å². The lowest BCUT2D eigenvalue weighted by Crippen LogP contribution is -2.41. The summed E-state index contributed by atoms with van der Waals surface area (Å²) in [6, 6.07) is 18.1. The van der Waals surface area contributed by atoms with Crippen LogP contribution < -0.4 is 10.3 Å². The van der Waals surface area contributed by atoms with Crippen molar-refractivity contribution in [2.45, 2.75) is 31.6 Å². The molecule has 0 bridgehead atoms. The average molecular weight is 503 g/mol. The van der Waals surface area contributed by atoms with Crippen LogP contribution in [-0.4, -0.2) is 27.2 Å². The minimum Gasteiger partial charge on any atom is -0.457 e. The Balaban J connectivity index is 1.56. The van der Waals surface area contributed by atoms with Crippen molar-refractivity contribution in [2.24, 2.45) is 0 Å². The van der Waals surface area contributed by atoms with Crippen LogP contribution in [-0.2, 0) is 16.6 Å². The maximum absolute atomic E-state index is 13.9. The molecule has 0 saturated carbocycles. The molecule has 2 aromatic carbocycles. The summed E-state index contributed by atoms with van der Waals surface area (Å²) in [5.74, 6) is 1.27. The summed E-state index contributed by atoms with van der Waals surface area (Å²) in [6.45, 7) is 3.33. The first-order chi connectivity index (χ1) is 17.2. The molecule has 5 rings (SSSR count). The van der Waals surface area contributed by atoms with Gasteiger partial charge in [0.05, 0.1) is 6.61 Å². The van der Waals surface area contributed by atoms with E-state index in [1.165, 1.54) is 12.4 Å². The smallest absolute Gasteiger partial charge is 0.273 e. The van der Waals surface area contributed by atoms with Gasteiger partial charge in [0.2, 0.25) is 10.0 Å². The predicted octanol–water partition coefficient (Wildman–Crippen LogP) is 4.98. The van der Waals surface area contributed by atoms with Crippen LogP contribution >= 0.6 is 0 Å². The quantitative estimate of drug-likeness (QED) is 0.387. The molecule has 0 aliphatic heterocycles. The number of ether oxygens (including phenoxy) is 1. The van der Waals surface area contributed by atoms with Gasteiger partial charge in [-0.05, 0) is 73.4 Å². The standard InChI is InChI=1S/C28H26N2O5S/c1-19-16-22(24-17-20(18-31)8-9-25(24)35-23-6-4-3-5-7-23)10-13-28(19,2)36(33,34)30-15-12-21-11-14-29-27(32)26(21)30/h3-12,14-17,31H,13,18H2,1-2H3,(H,29,32). The number of aromatic nitrogens is 2. The van der Waals surface area contributed by atoms with Crippen LogP contribution in [0.15, 0.2) is 95.6 Å². The molecular weight excluding hydrogens is 476 g/mol. The number of aromatic amines is 1. The number of nitrogens with one attached hydrogen (secondary N) is 1. The number of para-hydroxylation sites is 1. The van der Waals surface area contributed by atoms with Crippen molar-refractivity contribution in [1.29, 1.82) is 0 Å². The summed E-state index contributed by atoms with van der Waals surface area (Å²) >= 11 is 0. The number of fused-ring (bicyclic) bond motifs is 1. The zero-order valence-corrected chi connectivity index (χ0v) is 20.7. The van der Waals surface area contributed by atoms with Crippen molar-refractivity contribution in [3.63, 3.8) is 0 Å². The number of pyridine rings is 1. The molecule has 0 fully saturated rings. The molecule has 2 heterocycles. The lowest BCUT2D eigenvalue weighted by Gasteiger charge is -2.33. The maximum atomic E-state index is 13.9. The first-order valence-electron chi connectivity index (χ1n) is 11.5. The third-order valence-corrected chi connectivity index (χ3v) is 9.28. The number of H-pyrrole nitrogens is 1. The summed E-state index contributed by atoms with van der Waals surface area (Å²) in [4.78, 5) is 15.0. The second-order valence-corrected chi connectivity index (χ2v) is 11.3. The monoisotopic (exact) mass is 502 g/mol. The number of allylic oxidation sites excluding steroid dienone is 3. The van der Waals surface area contributed by atoms with E-state index < -0.39 is 20.3 Å². The summed E-state index contributed by atoms with van der Waals surface area (Å²) in [5, 5.41) is 10.3. The molecule has 36 heavy (non-hydrogen) atoms. The van der Waals surface area contributed by atoms with E-state index in [0.717, 1.165) is 20.7 Å². The summed E-state index contributed by atoms with van der Waals surface area (Å²) in [7, 11) is -3.98.